The lowest BCUT2D eigenvalue weighted by atomic mass is 9.79. The number of alkyl halides is 1. The summed E-state index contributed by atoms with van der Waals surface area (Å²) < 4.78 is 22.5. The van der Waals surface area contributed by atoms with Crippen LogP contribution < -0.4 is 10.1 Å². The van der Waals surface area contributed by atoms with E-state index in [1.165, 1.54) is 6.20 Å². The van der Waals surface area contributed by atoms with Crippen molar-refractivity contribution < 1.29 is 14.2 Å². The summed E-state index contributed by atoms with van der Waals surface area (Å²) in [5.74, 6) is 0.926. The highest BCUT2D eigenvalue weighted by Gasteiger charge is 2.43. The van der Waals surface area contributed by atoms with E-state index in [0.29, 0.717) is 29.5 Å². The first kappa shape index (κ1) is 19.0. The lowest BCUT2D eigenvalue weighted by molar-refractivity contribution is -0.00333. The summed E-state index contributed by atoms with van der Waals surface area (Å²) in [5.41, 5.74) is 1.87. The van der Waals surface area contributed by atoms with Crippen molar-refractivity contribution in [3.05, 3.63) is 49.3 Å². The Balaban J connectivity index is 1.30. The Morgan fingerprint density at radius 1 is 1.20 bits per heavy atom. The van der Waals surface area contributed by atoms with Gasteiger partial charge < -0.3 is 19.7 Å². The van der Waals surface area contributed by atoms with Gasteiger partial charge in [-0.25, -0.2) is 19.3 Å². The Morgan fingerprint density at radius 2 is 2.10 bits per heavy atom. The van der Waals surface area contributed by atoms with Gasteiger partial charge in [-0.3, -0.25) is 0 Å². The van der Waals surface area contributed by atoms with Gasteiger partial charge in [-0.2, -0.15) is 0 Å². The summed E-state index contributed by atoms with van der Waals surface area (Å²) >= 11 is 0. The van der Waals surface area contributed by atoms with Gasteiger partial charge in [0.15, 0.2) is 6.17 Å². The number of nitrogens with one attached hydrogen (secondary N) is 1. The number of rotatable bonds is 4. The van der Waals surface area contributed by atoms with E-state index < -0.39 is 12.3 Å². The molecule has 2 aliphatic rings. The molecule has 0 saturated carbocycles. The molecule has 3 aromatic rings. The van der Waals surface area contributed by atoms with Crippen LogP contribution in [0.2, 0.25) is 0 Å². The minimum Gasteiger partial charge on any atom is -0.507 e. The molecule has 2 saturated heterocycles. The number of phenols is 1. The zero-order valence-corrected chi connectivity index (χ0v) is 16.6. The third-order valence-electron chi connectivity index (χ3n) is 6.01. The molecular weight excluding hydrogens is 385 g/mol. The molecule has 2 N–H and O–H groups in total. The Hall–Kier alpha value is -3.00. The van der Waals surface area contributed by atoms with Crippen LogP contribution in [0.3, 0.4) is 0 Å². The highest BCUT2D eigenvalue weighted by molar-refractivity contribution is 5.68. The Morgan fingerprint density at radius 3 is 2.83 bits per heavy atom. The Kier molecular flexibility index (Phi) is 4.86. The number of nitrogens with zero attached hydrogens (tertiary/aromatic N) is 4. The molecule has 156 valence electrons. The lowest BCUT2D eigenvalue weighted by Crippen LogP contribution is -2.60. The van der Waals surface area contributed by atoms with Crippen LogP contribution >= 0.6 is 0 Å². The van der Waals surface area contributed by atoms with Crippen molar-refractivity contribution in [2.24, 2.45) is 5.92 Å². The fourth-order valence-corrected chi connectivity index (χ4v) is 4.60. The van der Waals surface area contributed by atoms with Crippen molar-refractivity contribution in [1.82, 2.24) is 24.8 Å². The molecule has 7 nitrogen and oxygen atoms in total. The predicted molar refractivity (Wildman–Crippen MR) is 109 cm³/mol. The quantitative estimate of drug-likeness (QED) is 0.688. The largest absolute Gasteiger partial charge is 0.507 e. The van der Waals surface area contributed by atoms with Gasteiger partial charge in [0.25, 0.3) is 0 Å². The average Bonchev–Trinajstić information content (AvgIpc) is 3.27. The number of aromatic hydroxyl groups is 1. The van der Waals surface area contributed by atoms with Crippen LogP contribution in [0.1, 0.15) is 26.2 Å². The molecule has 1 aromatic carbocycles. The molecular formula is C22H24FN5O2. The molecule has 2 fully saturated rings. The van der Waals surface area contributed by atoms with Gasteiger partial charge in [-0.15, -0.1) is 0 Å². The highest BCUT2D eigenvalue weighted by Crippen LogP contribution is 2.34. The predicted octanol–water partition coefficient (Wildman–Crippen LogP) is 3.28. The van der Waals surface area contributed by atoms with Crippen LogP contribution in [0, 0.1) is 5.92 Å². The molecule has 8 heteroatoms. The molecule has 0 amide bonds. The molecule has 30 heavy (non-hydrogen) atoms. The minimum absolute atomic E-state index is 0.0910. The van der Waals surface area contributed by atoms with Crippen molar-refractivity contribution in [2.45, 2.75) is 50.5 Å². The highest BCUT2D eigenvalue weighted by atomic mass is 19.1. The Bertz CT molecular complexity index is 1010. The zero-order chi connectivity index (χ0) is 20.7. The maximum Gasteiger partial charge on any atom is 0.232 e. The van der Waals surface area contributed by atoms with Crippen molar-refractivity contribution >= 4 is 0 Å². The van der Waals surface area contributed by atoms with Gasteiger partial charge in [-0.05, 0) is 30.9 Å². The number of aromatic nitrogens is 4. The second-order valence-electron chi connectivity index (χ2n) is 8.29. The fraction of sp³-hybridized carbons (Fsp3) is 0.409. The summed E-state index contributed by atoms with van der Waals surface area (Å²) in [6.07, 6.45) is 9.09. The van der Waals surface area contributed by atoms with E-state index in [9.17, 15) is 9.50 Å². The van der Waals surface area contributed by atoms with Gasteiger partial charge >= 0.3 is 0 Å². The molecule has 0 spiro atoms. The second-order valence-corrected chi connectivity index (χ2v) is 8.29. The zero-order valence-electron chi connectivity index (χ0n) is 16.6. The van der Waals surface area contributed by atoms with Crippen molar-refractivity contribution in [2.75, 3.05) is 0 Å². The maximum absolute atomic E-state index is 14.9. The van der Waals surface area contributed by atoms with E-state index in [1.807, 2.05) is 6.07 Å². The van der Waals surface area contributed by atoms with Gasteiger partial charge in [0.05, 0.1) is 30.1 Å². The molecule has 2 aromatic heterocycles. The molecule has 5 atom stereocenters. The van der Waals surface area contributed by atoms with E-state index in [1.54, 1.807) is 41.6 Å². The molecule has 2 bridgehead atoms. The molecule has 0 radical (unpaired) electrons. The van der Waals surface area contributed by atoms with Crippen molar-refractivity contribution in [3.8, 4) is 28.6 Å². The number of fused-ring (bicyclic) bond motifs is 2. The smallest absolute Gasteiger partial charge is 0.232 e. The van der Waals surface area contributed by atoms with Gasteiger partial charge in [0.2, 0.25) is 5.88 Å². The Labute approximate surface area is 174 Å². The van der Waals surface area contributed by atoms with Crippen molar-refractivity contribution in [1.29, 1.82) is 0 Å². The van der Waals surface area contributed by atoms with E-state index >= 15 is 0 Å². The SMILES string of the molecule is C[C@@H]1C[C@H]2C[C@H](Oc3cnc(-c4ccc(-n5ccnc5)cc4O)cn3)[C@@H](F)[C@@H](C1)N2. The normalized spacial score (nSPS) is 28.3. The van der Waals surface area contributed by atoms with Gasteiger partial charge in [0, 0.05) is 42.5 Å². The molecule has 5 rings (SSSR count). The summed E-state index contributed by atoms with van der Waals surface area (Å²) in [6.45, 7) is 2.18. The summed E-state index contributed by atoms with van der Waals surface area (Å²) in [4.78, 5) is 12.7. The third kappa shape index (κ3) is 3.63. The fourth-order valence-electron chi connectivity index (χ4n) is 4.60. The number of benzene rings is 1. The number of phenolic OH excluding ortho intramolecular Hbond substituents is 1. The monoisotopic (exact) mass is 409 g/mol. The van der Waals surface area contributed by atoms with Crippen LogP contribution in [0.4, 0.5) is 4.39 Å². The lowest BCUT2D eigenvalue weighted by Gasteiger charge is -2.44. The maximum atomic E-state index is 14.9. The first-order valence-corrected chi connectivity index (χ1v) is 10.3. The van der Waals surface area contributed by atoms with Crippen LogP contribution in [0.5, 0.6) is 11.6 Å². The standard InChI is InChI=1S/C22H24FN5O2/c1-13-6-14-8-20(22(23)17(7-13)27-14)30-21-11-25-18(10-26-21)16-3-2-15(9-19(16)29)28-5-4-24-12-28/h2-5,9-14,17,20,22,27,29H,6-8H2,1H3/t13-,14+,17-,20+,22+/m1/s1. The third-order valence-corrected chi connectivity index (χ3v) is 6.01. The van der Waals surface area contributed by atoms with E-state index in [-0.39, 0.29) is 17.8 Å². The number of hydrogen-bond acceptors (Lipinski definition) is 6. The first-order chi connectivity index (χ1) is 14.6. The molecule has 0 aliphatic carbocycles. The summed E-state index contributed by atoms with van der Waals surface area (Å²) in [7, 11) is 0. The van der Waals surface area contributed by atoms with Crippen LogP contribution in [0.25, 0.3) is 16.9 Å². The number of imidazole rings is 1. The number of piperidine rings is 2. The van der Waals surface area contributed by atoms with Crippen LogP contribution in [-0.4, -0.2) is 49.0 Å². The molecule has 4 heterocycles. The number of ether oxygens (including phenoxy) is 1. The molecule has 2 aliphatic heterocycles. The van der Waals surface area contributed by atoms with Crippen molar-refractivity contribution in [3.63, 3.8) is 0 Å². The topological polar surface area (TPSA) is 85.1 Å². The van der Waals surface area contributed by atoms with Crippen LogP contribution in [-0.2, 0) is 0 Å². The average molecular weight is 409 g/mol. The first-order valence-electron chi connectivity index (χ1n) is 10.3. The summed E-state index contributed by atoms with van der Waals surface area (Å²) in [5, 5.41) is 13.8. The number of halogens is 1. The number of hydrogen-bond donors (Lipinski definition) is 2. The van der Waals surface area contributed by atoms with E-state index in [0.717, 1.165) is 18.5 Å². The second kappa shape index (κ2) is 7.68. The van der Waals surface area contributed by atoms with Gasteiger partial charge in [-0.1, -0.05) is 6.92 Å². The summed E-state index contributed by atoms with van der Waals surface area (Å²) in [6, 6.07) is 5.42. The van der Waals surface area contributed by atoms with E-state index in [2.05, 4.69) is 27.2 Å². The minimum atomic E-state index is -1.06. The van der Waals surface area contributed by atoms with E-state index in [4.69, 9.17) is 4.74 Å². The van der Waals surface area contributed by atoms with Crippen LogP contribution in [0.15, 0.2) is 49.3 Å². The molecule has 0 unspecified atom stereocenters. The van der Waals surface area contributed by atoms with Gasteiger partial charge in [0.1, 0.15) is 11.9 Å².